The van der Waals surface area contributed by atoms with Crippen LogP contribution in [0.2, 0.25) is 0 Å². The number of rotatable bonds is 3. The van der Waals surface area contributed by atoms with E-state index in [9.17, 15) is 9.18 Å². The van der Waals surface area contributed by atoms with Gasteiger partial charge in [-0.15, -0.1) is 0 Å². The monoisotopic (exact) mass is 384 g/mol. The molecule has 2 fully saturated rings. The van der Waals surface area contributed by atoms with E-state index >= 15 is 0 Å². The van der Waals surface area contributed by atoms with Crippen LogP contribution < -0.4 is 4.90 Å². The van der Waals surface area contributed by atoms with Crippen molar-refractivity contribution >= 4 is 11.9 Å². The fourth-order valence-electron chi connectivity index (χ4n) is 3.96. The van der Waals surface area contributed by atoms with Crippen molar-refractivity contribution in [3.05, 3.63) is 53.6 Å². The summed E-state index contributed by atoms with van der Waals surface area (Å²) < 4.78 is 19.4. The third kappa shape index (κ3) is 3.99. The number of aromatic nitrogens is 2. The van der Waals surface area contributed by atoms with Crippen LogP contribution in [-0.4, -0.2) is 53.6 Å². The second-order valence-corrected chi connectivity index (χ2v) is 7.46. The van der Waals surface area contributed by atoms with Crippen molar-refractivity contribution < 1.29 is 13.9 Å². The Hall–Kier alpha value is -2.54. The smallest absolute Gasteiger partial charge is 0.225 e. The van der Waals surface area contributed by atoms with Crippen LogP contribution in [0.4, 0.5) is 10.3 Å². The summed E-state index contributed by atoms with van der Waals surface area (Å²) in [6.45, 7) is 4.94. The lowest BCUT2D eigenvalue weighted by molar-refractivity contribution is -0.144. The molecule has 4 rings (SSSR count). The first-order chi connectivity index (χ1) is 13.6. The summed E-state index contributed by atoms with van der Waals surface area (Å²) >= 11 is 0. The maximum atomic E-state index is 13.5. The molecule has 28 heavy (non-hydrogen) atoms. The summed E-state index contributed by atoms with van der Waals surface area (Å²) in [4.78, 5) is 25.7. The maximum absolute atomic E-state index is 13.5. The molecular formula is C21H25FN4O2. The minimum atomic E-state index is -0.221. The van der Waals surface area contributed by atoms with Gasteiger partial charge in [-0.3, -0.25) is 4.79 Å². The van der Waals surface area contributed by atoms with Crippen LogP contribution in [0.15, 0.2) is 36.7 Å². The number of benzene rings is 1. The van der Waals surface area contributed by atoms with E-state index in [-0.39, 0.29) is 23.7 Å². The number of morpholine rings is 1. The molecule has 1 atom stereocenters. The standard InChI is InChI=1S/C21H25FN4O2/c1-15-13-17(3-4-18(15)22)19-14-26(11-12-28-19)20(27)16-5-9-25(10-6-16)21-23-7-2-8-24-21/h2-4,7-8,13,16,19H,5-6,9-12,14H2,1H3. The van der Waals surface area contributed by atoms with Gasteiger partial charge >= 0.3 is 0 Å². The topological polar surface area (TPSA) is 58.6 Å². The van der Waals surface area contributed by atoms with E-state index in [1.807, 2.05) is 11.0 Å². The highest BCUT2D eigenvalue weighted by Crippen LogP contribution is 2.27. The molecule has 1 aromatic heterocycles. The molecule has 0 aliphatic carbocycles. The van der Waals surface area contributed by atoms with Gasteiger partial charge in [0.15, 0.2) is 0 Å². The zero-order chi connectivity index (χ0) is 19.5. The molecule has 148 valence electrons. The SMILES string of the molecule is Cc1cc(C2CN(C(=O)C3CCN(c4ncccn4)CC3)CCO2)ccc1F. The van der Waals surface area contributed by atoms with Gasteiger partial charge in [-0.25, -0.2) is 14.4 Å². The molecule has 2 aliphatic rings. The number of aryl methyl sites for hydroxylation is 1. The molecule has 1 unspecified atom stereocenters. The van der Waals surface area contributed by atoms with Gasteiger partial charge in [-0.05, 0) is 43.0 Å². The normalized spacial score (nSPS) is 21.0. The van der Waals surface area contributed by atoms with Crippen molar-refractivity contribution in [1.29, 1.82) is 0 Å². The van der Waals surface area contributed by atoms with E-state index in [0.29, 0.717) is 25.3 Å². The Bertz CT molecular complexity index is 824. The molecule has 3 heterocycles. The van der Waals surface area contributed by atoms with Crippen LogP contribution in [-0.2, 0) is 9.53 Å². The fourth-order valence-corrected chi connectivity index (χ4v) is 3.96. The zero-order valence-electron chi connectivity index (χ0n) is 16.1. The van der Waals surface area contributed by atoms with Crippen LogP contribution >= 0.6 is 0 Å². The average Bonchev–Trinajstić information content (AvgIpc) is 2.76. The Balaban J connectivity index is 1.36. The average molecular weight is 384 g/mol. The van der Waals surface area contributed by atoms with Crippen molar-refractivity contribution in [1.82, 2.24) is 14.9 Å². The Labute approximate surface area is 164 Å². The summed E-state index contributed by atoms with van der Waals surface area (Å²) in [5, 5.41) is 0. The first-order valence-electron chi connectivity index (χ1n) is 9.80. The summed E-state index contributed by atoms with van der Waals surface area (Å²) in [7, 11) is 0. The van der Waals surface area contributed by atoms with Crippen molar-refractivity contribution in [2.45, 2.75) is 25.9 Å². The molecule has 0 saturated carbocycles. The molecule has 1 amide bonds. The lowest BCUT2D eigenvalue weighted by Gasteiger charge is -2.38. The highest BCUT2D eigenvalue weighted by atomic mass is 19.1. The molecular weight excluding hydrogens is 359 g/mol. The second-order valence-electron chi connectivity index (χ2n) is 7.46. The van der Waals surface area contributed by atoms with Crippen molar-refractivity contribution in [3.63, 3.8) is 0 Å². The predicted molar refractivity (Wildman–Crippen MR) is 103 cm³/mol. The third-order valence-corrected chi connectivity index (χ3v) is 5.61. The molecule has 0 spiro atoms. The summed E-state index contributed by atoms with van der Waals surface area (Å²) in [6, 6.07) is 6.83. The van der Waals surface area contributed by atoms with E-state index in [4.69, 9.17) is 4.74 Å². The summed E-state index contributed by atoms with van der Waals surface area (Å²) in [5.74, 6) is 0.725. The van der Waals surface area contributed by atoms with E-state index < -0.39 is 0 Å². The van der Waals surface area contributed by atoms with Crippen molar-refractivity contribution in [2.24, 2.45) is 5.92 Å². The summed E-state index contributed by atoms with van der Waals surface area (Å²) in [6.07, 6.45) is 4.88. The van der Waals surface area contributed by atoms with Crippen LogP contribution in [0.5, 0.6) is 0 Å². The number of hydrogen-bond acceptors (Lipinski definition) is 5. The quantitative estimate of drug-likeness (QED) is 0.814. The maximum Gasteiger partial charge on any atom is 0.225 e. The molecule has 1 aromatic carbocycles. The number of piperidine rings is 1. The largest absolute Gasteiger partial charge is 0.370 e. The lowest BCUT2D eigenvalue weighted by Crippen LogP contribution is -2.47. The highest BCUT2D eigenvalue weighted by molar-refractivity contribution is 5.79. The molecule has 2 saturated heterocycles. The first kappa shape index (κ1) is 18.8. The fraction of sp³-hybridized carbons (Fsp3) is 0.476. The highest BCUT2D eigenvalue weighted by Gasteiger charge is 2.32. The molecule has 2 aliphatic heterocycles. The van der Waals surface area contributed by atoms with Crippen molar-refractivity contribution in [2.75, 3.05) is 37.7 Å². The predicted octanol–water partition coefficient (Wildman–Crippen LogP) is 2.74. The minimum Gasteiger partial charge on any atom is -0.370 e. The van der Waals surface area contributed by atoms with Gasteiger partial charge < -0.3 is 14.5 Å². The number of halogens is 1. The van der Waals surface area contributed by atoms with Crippen LogP contribution in [0.1, 0.15) is 30.1 Å². The van der Waals surface area contributed by atoms with Gasteiger partial charge in [0.25, 0.3) is 0 Å². The van der Waals surface area contributed by atoms with Crippen molar-refractivity contribution in [3.8, 4) is 0 Å². The van der Waals surface area contributed by atoms with Gasteiger partial charge in [-0.2, -0.15) is 0 Å². The molecule has 7 heteroatoms. The summed E-state index contributed by atoms with van der Waals surface area (Å²) in [5.41, 5.74) is 1.52. The number of carbonyl (C=O) groups excluding carboxylic acids is 1. The number of nitrogens with zero attached hydrogens (tertiary/aromatic N) is 4. The van der Waals surface area contributed by atoms with E-state index in [1.165, 1.54) is 6.07 Å². The molecule has 0 bridgehead atoms. The van der Waals surface area contributed by atoms with Gasteiger partial charge in [-0.1, -0.05) is 12.1 Å². The van der Waals surface area contributed by atoms with Gasteiger partial charge in [0.05, 0.1) is 13.2 Å². The van der Waals surface area contributed by atoms with Gasteiger partial charge in [0.2, 0.25) is 11.9 Å². The Kier molecular flexibility index (Phi) is 5.52. The second kappa shape index (κ2) is 8.22. The number of anilines is 1. The molecule has 0 radical (unpaired) electrons. The van der Waals surface area contributed by atoms with Crippen LogP contribution in [0.3, 0.4) is 0 Å². The Morgan fingerprint density at radius 2 is 1.93 bits per heavy atom. The van der Waals surface area contributed by atoms with Gasteiger partial charge in [0.1, 0.15) is 11.9 Å². The zero-order valence-corrected chi connectivity index (χ0v) is 16.1. The lowest BCUT2D eigenvalue weighted by atomic mass is 9.94. The van der Waals surface area contributed by atoms with Crippen LogP contribution in [0.25, 0.3) is 0 Å². The number of ether oxygens (including phenoxy) is 1. The van der Waals surface area contributed by atoms with Crippen LogP contribution in [0, 0.1) is 18.7 Å². The first-order valence-corrected chi connectivity index (χ1v) is 9.80. The number of hydrogen-bond donors (Lipinski definition) is 0. The Morgan fingerprint density at radius 3 is 2.64 bits per heavy atom. The molecule has 2 aromatic rings. The van der Waals surface area contributed by atoms with E-state index in [0.717, 1.165) is 37.4 Å². The van der Waals surface area contributed by atoms with E-state index in [2.05, 4.69) is 14.9 Å². The molecule has 0 N–H and O–H groups in total. The molecule has 6 nitrogen and oxygen atoms in total. The number of carbonyl (C=O) groups is 1. The van der Waals surface area contributed by atoms with E-state index in [1.54, 1.807) is 31.5 Å². The third-order valence-electron chi connectivity index (χ3n) is 5.61. The minimum absolute atomic E-state index is 0.0219. The number of amides is 1. The Morgan fingerprint density at radius 1 is 1.18 bits per heavy atom. The van der Waals surface area contributed by atoms with Gasteiger partial charge in [0, 0.05) is 37.9 Å².